The van der Waals surface area contributed by atoms with Gasteiger partial charge >= 0.3 is 0 Å². The van der Waals surface area contributed by atoms with E-state index in [-0.39, 0.29) is 11.8 Å². The Kier molecular flexibility index (Phi) is 3.36. The molecule has 1 unspecified atom stereocenters. The van der Waals surface area contributed by atoms with E-state index in [1.54, 1.807) is 11.6 Å². The fourth-order valence-corrected chi connectivity index (χ4v) is 1.55. The number of hydrogen-bond acceptors (Lipinski definition) is 5. The largest absolute Gasteiger partial charge is 0.375 e. The lowest BCUT2D eigenvalue weighted by atomic mass is 10.2. The van der Waals surface area contributed by atoms with Gasteiger partial charge in [-0.05, 0) is 49.4 Å². The highest BCUT2D eigenvalue weighted by Gasteiger charge is 2.08. The Bertz CT molecular complexity index is 563. The molecule has 0 aliphatic carbocycles. The van der Waals surface area contributed by atoms with Gasteiger partial charge in [-0.3, -0.25) is 4.79 Å². The molecule has 1 atom stereocenters. The van der Waals surface area contributed by atoms with E-state index in [1.165, 1.54) is 0 Å². The zero-order valence-electron chi connectivity index (χ0n) is 10.6. The van der Waals surface area contributed by atoms with Crippen LogP contribution in [0.15, 0.2) is 24.3 Å². The first-order valence-corrected chi connectivity index (χ1v) is 5.70. The predicted octanol–water partition coefficient (Wildman–Crippen LogP) is 1.36. The standard InChI is InChI=1S/C12H15N5O/c1-8(9(2)18)13-11-5-4-6-12(7-11)17-10(3)14-15-16-17/h4-8,13H,1-3H3. The van der Waals surface area contributed by atoms with E-state index in [0.29, 0.717) is 5.82 Å². The third kappa shape index (κ3) is 2.53. The number of aromatic nitrogens is 4. The number of carbonyl (C=O) groups excluding carboxylic acids is 1. The Labute approximate surface area is 105 Å². The Morgan fingerprint density at radius 2 is 2.22 bits per heavy atom. The summed E-state index contributed by atoms with van der Waals surface area (Å²) in [5.41, 5.74) is 1.73. The second-order valence-corrected chi connectivity index (χ2v) is 4.16. The lowest BCUT2D eigenvalue weighted by molar-refractivity contribution is -0.117. The van der Waals surface area contributed by atoms with Crippen molar-refractivity contribution in [3.63, 3.8) is 0 Å². The number of anilines is 1. The number of carbonyl (C=O) groups is 1. The van der Waals surface area contributed by atoms with Crippen molar-refractivity contribution in [2.45, 2.75) is 26.8 Å². The van der Waals surface area contributed by atoms with Crippen LogP contribution in [-0.2, 0) is 4.79 Å². The van der Waals surface area contributed by atoms with E-state index in [2.05, 4.69) is 20.8 Å². The van der Waals surface area contributed by atoms with Crippen molar-refractivity contribution in [2.75, 3.05) is 5.32 Å². The van der Waals surface area contributed by atoms with Crippen molar-refractivity contribution in [3.8, 4) is 5.69 Å². The Morgan fingerprint density at radius 3 is 2.83 bits per heavy atom. The maximum absolute atomic E-state index is 11.2. The molecule has 2 aromatic rings. The molecule has 6 nitrogen and oxygen atoms in total. The van der Waals surface area contributed by atoms with Gasteiger partial charge in [-0.25, -0.2) is 0 Å². The molecule has 0 bridgehead atoms. The van der Waals surface area contributed by atoms with E-state index < -0.39 is 0 Å². The normalized spacial score (nSPS) is 12.2. The summed E-state index contributed by atoms with van der Waals surface area (Å²) in [5, 5.41) is 14.5. The molecule has 0 spiro atoms. The van der Waals surface area contributed by atoms with Gasteiger partial charge < -0.3 is 5.32 Å². The maximum atomic E-state index is 11.2. The molecular formula is C12H15N5O. The van der Waals surface area contributed by atoms with Crippen LogP contribution >= 0.6 is 0 Å². The third-order valence-corrected chi connectivity index (χ3v) is 2.71. The first kappa shape index (κ1) is 12.2. The molecule has 1 aromatic carbocycles. The van der Waals surface area contributed by atoms with Crippen molar-refractivity contribution in [1.29, 1.82) is 0 Å². The Hall–Kier alpha value is -2.24. The topological polar surface area (TPSA) is 72.7 Å². The fourth-order valence-electron chi connectivity index (χ4n) is 1.55. The van der Waals surface area contributed by atoms with Crippen molar-refractivity contribution < 1.29 is 4.79 Å². The molecule has 2 rings (SSSR count). The third-order valence-electron chi connectivity index (χ3n) is 2.71. The van der Waals surface area contributed by atoms with Gasteiger partial charge in [-0.15, -0.1) is 5.10 Å². The van der Waals surface area contributed by atoms with Crippen LogP contribution in [-0.4, -0.2) is 32.0 Å². The monoisotopic (exact) mass is 245 g/mol. The first-order chi connectivity index (χ1) is 8.58. The summed E-state index contributed by atoms with van der Waals surface area (Å²) in [7, 11) is 0. The highest BCUT2D eigenvalue weighted by Crippen LogP contribution is 2.15. The molecule has 0 radical (unpaired) electrons. The second-order valence-electron chi connectivity index (χ2n) is 4.16. The second kappa shape index (κ2) is 4.95. The summed E-state index contributed by atoms with van der Waals surface area (Å²) in [6.45, 7) is 5.22. The van der Waals surface area contributed by atoms with Crippen molar-refractivity contribution in [1.82, 2.24) is 20.2 Å². The van der Waals surface area contributed by atoms with Crippen LogP contribution < -0.4 is 5.32 Å². The van der Waals surface area contributed by atoms with Gasteiger partial charge in [0.25, 0.3) is 0 Å². The van der Waals surface area contributed by atoms with Crippen LogP contribution in [0.3, 0.4) is 0 Å². The van der Waals surface area contributed by atoms with E-state index in [4.69, 9.17) is 0 Å². The number of benzene rings is 1. The molecule has 1 aromatic heterocycles. The smallest absolute Gasteiger partial charge is 0.153 e. The van der Waals surface area contributed by atoms with Gasteiger partial charge in [0.15, 0.2) is 11.6 Å². The Balaban J connectivity index is 2.26. The van der Waals surface area contributed by atoms with Crippen LogP contribution in [0, 0.1) is 6.92 Å². The molecule has 94 valence electrons. The number of ketones is 1. The van der Waals surface area contributed by atoms with E-state index in [0.717, 1.165) is 11.4 Å². The van der Waals surface area contributed by atoms with Crippen LogP contribution in [0.5, 0.6) is 0 Å². The van der Waals surface area contributed by atoms with Gasteiger partial charge in [0.2, 0.25) is 0 Å². The number of aryl methyl sites for hydroxylation is 1. The minimum absolute atomic E-state index is 0.0963. The van der Waals surface area contributed by atoms with Crippen molar-refractivity contribution >= 4 is 11.5 Å². The lowest BCUT2D eigenvalue weighted by Gasteiger charge is -2.13. The number of nitrogens with one attached hydrogen (secondary N) is 1. The summed E-state index contributed by atoms with van der Waals surface area (Å²) < 4.78 is 1.64. The molecule has 1 N–H and O–H groups in total. The SMILES string of the molecule is CC(=O)C(C)Nc1cccc(-n2nnnc2C)c1. The summed E-state index contributed by atoms with van der Waals surface area (Å²) in [6.07, 6.45) is 0. The molecule has 0 aliphatic rings. The molecule has 0 fully saturated rings. The number of hydrogen-bond donors (Lipinski definition) is 1. The zero-order valence-corrected chi connectivity index (χ0v) is 10.6. The lowest BCUT2D eigenvalue weighted by Crippen LogP contribution is -2.23. The van der Waals surface area contributed by atoms with Crippen molar-refractivity contribution in [2.24, 2.45) is 0 Å². The van der Waals surface area contributed by atoms with Crippen LogP contribution in [0.4, 0.5) is 5.69 Å². The van der Waals surface area contributed by atoms with Crippen LogP contribution in [0.1, 0.15) is 19.7 Å². The Morgan fingerprint density at radius 1 is 1.44 bits per heavy atom. The number of nitrogens with zero attached hydrogens (tertiary/aromatic N) is 4. The highest BCUT2D eigenvalue weighted by atomic mass is 16.1. The summed E-state index contributed by atoms with van der Waals surface area (Å²) in [5.74, 6) is 0.811. The number of rotatable bonds is 4. The molecule has 0 saturated heterocycles. The van der Waals surface area contributed by atoms with Crippen LogP contribution in [0.25, 0.3) is 5.69 Å². The van der Waals surface area contributed by atoms with Gasteiger partial charge in [-0.1, -0.05) is 6.07 Å². The molecule has 0 aliphatic heterocycles. The van der Waals surface area contributed by atoms with E-state index in [1.807, 2.05) is 38.1 Å². The molecule has 6 heteroatoms. The van der Waals surface area contributed by atoms with Crippen molar-refractivity contribution in [3.05, 3.63) is 30.1 Å². The summed E-state index contributed by atoms with van der Waals surface area (Å²) >= 11 is 0. The van der Waals surface area contributed by atoms with Gasteiger partial charge in [-0.2, -0.15) is 4.68 Å². The van der Waals surface area contributed by atoms with Gasteiger partial charge in [0, 0.05) is 5.69 Å². The summed E-state index contributed by atoms with van der Waals surface area (Å²) in [6, 6.07) is 7.40. The molecule has 0 amide bonds. The zero-order chi connectivity index (χ0) is 13.1. The molecule has 0 saturated carbocycles. The molecular weight excluding hydrogens is 230 g/mol. The minimum Gasteiger partial charge on any atom is -0.375 e. The van der Waals surface area contributed by atoms with Gasteiger partial charge in [0.05, 0.1) is 11.7 Å². The molecule has 18 heavy (non-hydrogen) atoms. The average molecular weight is 245 g/mol. The first-order valence-electron chi connectivity index (χ1n) is 5.70. The average Bonchev–Trinajstić information content (AvgIpc) is 2.75. The van der Waals surface area contributed by atoms with Gasteiger partial charge in [0.1, 0.15) is 0 Å². The minimum atomic E-state index is -0.213. The number of tetrazole rings is 1. The quantitative estimate of drug-likeness (QED) is 0.880. The maximum Gasteiger partial charge on any atom is 0.153 e. The fraction of sp³-hybridized carbons (Fsp3) is 0.333. The van der Waals surface area contributed by atoms with E-state index in [9.17, 15) is 4.79 Å². The molecule has 1 heterocycles. The summed E-state index contributed by atoms with van der Waals surface area (Å²) in [4.78, 5) is 11.2. The van der Waals surface area contributed by atoms with Crippen LogP contribution in [0.2, 0.25) is 0 Å². The van der Waals surface area contributed by atoms with E-state index >= 15 is 0 Å². The number of Topliss-reactive ketones (excluding diaryl/α,β-unsaturated/α-hetero) is 1. The highest BCUT2D eigenvalue weighted by molar-refractivity contribution is 5.83. The predicted molar refractivity (Wildman–Crippen MR) is 67.7 cm³/mol.